The van der Waals surface area contributed by atoms with E-state index in [2.05, 4.69) is 9.93 Å². The molecule has 0 amide bonds. The Bertz CT molecular complexity index is 144. The fourth-order valence-electron chi connectivity index (χ4n) is 0.330. The first-order chi connectivity index (χ1) is 3.80. The van der Waals surface area contributed by atoms with Gasteiger partial charge >= 0.3 is 5.97 Å². The van der Waals surface area contributed by atoms with Crippen molar-refractivity contribution in [2.75, 3.05) is 5.75 Å². The number of carboxylic acid groups (broad SMARTS) is 1. The first-order valence-electron chi connectivity index (χ1n) is 1.97. The van der Waals surface area contributed by atoms with E-state index in [4.69, 9.17) is 5.11 Å². The molecule has 2 N–H and O–H groups in total. The molecule has 0 spiro atoms. The number of hydrazone groups is 1. The van der Waals surface area contributed by atoms with E-state index in [0.29, 0.717) is 5.75 Å². The first kappa shape index (κ1) is 5.43. The second-order valence-electron chi connectivity index (χ2n) is 1.24. The van der Waals surface area contributed by atoms with Crippen molar-refractivity contribution in [1.29, 1.82) is 0 Å². The summed E-state index contributed by atoms with van der Waals surface area (Å²) >= 11 is 1.28. The predicted octanol–water partition coefficient (Wildman–Crippen LogP) is -0.322. The average molecular weight is 132 g/mol. The smallest absolute Gasteiger partial charge is 0.353 e. The molecule has 1 heterocycles. The normalized spacial score (nSPS) is 17.2. The van der Waals surface area contributed by atoms with Crippen molar-refractivity contribution in [3.8, 4) is 0 Å². The van der Waals surface area contributed by atoms with E-state index in [1.807, 2.05) is 0 Å². The minimum Gasteiger partial charge on any atom is -0.477 e. The van der Waals surface area contributed by atoms with Gasteiger partial charge in [-0.15, -0.1) is 0 Å². The van der Waals surface area contributed by atoms with Gasteiger partial charge in [0.15, 0.2) is 5.71 Å². The zero-order valence-electron chi connectivity index (χ0n) is 3.92. The van der Waals surface area contributed by atoms with Gasteiger partial charge in [0.2, 0.25) is 0 Å². The fraction of sp³-hybridized carbons (Fsp3) is 0.333. The summed E-state index contributed by atoms with van der Waals surface area (Å²) in [6, 6.07) is 0. The molecule has 5 heteroatoms. The number of nitrogens with zero attached hydrogens (tertiary/aromatic N) is 1. The van der Waals surface area contributed by atoms with Crippen LogP contribution in [-0.2, 0) is 4.79 Å². The van der Waals surface area contributed by atoms with Crippen LogP contribution in [0.3, 0.4) is 0 Å². The number of aliphatic carboxylic acids is 1. The van der Waals surface area contributed by atoms with Crippen LogP contribution in [0.1, 0.15) is 0 Å². The molecule has 0 aromatic rings. The molecule has 4 nitrogen and oxygen atoms in total. The third-order valence-electron chi connectivity index (χ3n) is 0.701. The quantitative estimate of drug-likeness (QED) is 0.480. The van der Waals surface area contributed by atoms with E-state index in [1.165, 1.54) is 11.9 Å². The highest BCUT2D eigenvalue weighted by Gasteiger charge is 2.13. The molecule has 44 valence electrons. The molecule has 0 aromatic carbocycles. The minimum absolute atomic E-state index is 0.190. The summed E-state index contributed by atoms with van der Waals surface area (Å²) in [5.74, 6) is -0.488. The van der Waals surface area contributed by atoms with Crippen molar-refractivity contribution < 1.29 is 9.90 Å². The molecule has 0 atom stereocenters. The van der Waals surface area contributed by atoms with Gasteiger partial charge < -0.3 is 5.11 Å². The summed E-state index contributed by atoms with van der Waals surface area (Å²) in [6.45, 7) is 0. The second-order valence-corrected chi connectivity index (χ2v) is 2.00. The average Bonchev–Trinajstić information content (AvgIpc) is 2.12. The van der Waals surface area contributed by atoms with Crippen LogP contribution in [0.2, 0.25) is 0 Å². The van der Waals surface area contributed by atoms with Crippen LogP contribution in [0, 0.1) is 0 Å². The molecule has 0 saturated heterocycles. The molecule has 0 saturated carbocycles. The van der Waals surface area contributed by atoms with Crippen LogP contribution >= 0.6 is 11.9 Å². The summed E-state index contributed by atoms with van der Waals surface area (Å²) < 4.78 is 0. The predicted molar refractivity (Wildman–Crippen MR) is 30.7 cm³/mol. The molecule has 1 aliphatic heterocycles. The topological polar surface area (TPSA) is 61.7 Å². The maximum Gasteiger partial charge on any atom is 0.353 e. The lowest BCUT2D eigenvalue weighted by Gasteiger charge is -1.81. The summed E-state index contributed by atoms with van der Waals surface area (Å²) in [5, 5.41) is 11.7. The van der Waals surface area contributed by atoms with Gasteiger partial charge in [0.05, 0.1) is 5.75 Å². The molecule has 8 heavy (non-hydrogen) atoms. The molecular formula is C3H4N2O2S. The molecule has 0 bridgehead atoms. The first-order valence-corrected chi connectivity index (χ1v) is 2.96. The van der Waals surface area contributed by atoms with E-state index in [-0.39, 0.29) is 5.71 Å². The van der Waals surface area contributed by atoms with Gasteiger partial charge in [0.25, 0.3) is 0 Å². The maximum absolute atomic E-state index is 10.0. The lowest BCUT2D eigenvalue weighted by atomic mass is 10.4. The SMILES string of the molecule is O=C(O)C1=NNSC1. The van der Waals surface area contributed by atoms with Crippen molar-refractivity contribution in [2.24, 2.45) is 5.10 Å². The number of hydrogen-bond donors (Lipinski definition) is 2. The highest BCUT2D eigenvalue weighted by atomic mass is 32.2. The van der Waals surface area contributed by atoms with Crippen molar-refractivity contribution in [3.05, 3.63) is 0 Å². The molecule has 1 rings (SSSR count). The Labute approximate surface area is 50.1 Å². The van der Waals surface area contributed by atoms with E-state index < -0.39 is 5.97 Å². The summed E-state index contributed by atoms with van der Waals surface area (Å²) in [7, 11) is 0. The van der Waals surface area contributed by atoms with Gasteiger partial charge in [-0.05, 0) is 11.9 Å². The number of carbonyl (C=O) groups is 1. The Hall–Kier alpha value is -0.710. The van der Waals surface area contributed by atoms with Crippen LogP contribution in [0.15, 0.2) is 5.10 Å². The van der Waals surface area contributed by atoms with E-state index in [1.54, 1.807) is 0 Å². The second kappa shape index (κ2) is 2.04. The third-order valence-corrected chi connectivity index (χ3v) is 1.34. The van der Waals surface area contributed by atoms with Crippen molar-refractivity contribution in [2.45, 2.75) is 0 Å². The van der Waals surface area contributed by atoms with Crippen molar-refractivity contribution >= 4 is 23.6 Å². The van der Waals surface area contributed by atoms with Gasteiger partial charge in [0.1, 0.15) is 0 Å². The molecule has 0 radical (unpaired) electrons. The van der Waals surface area contributed by atoms with Crippen LogP contribution < -0.4 is 4.83 Å². The van der Waals surface area contributed by atoms with E-state index in [0.717, 1.165) is 0 Å². The molecule has 0 aromatic heterocycles. The van der Waals surface area contributed by atoms with Crippen molar-refractivity contribution in [3.63, 3.8) is 0 Å². The van der Waals surface area contributed by atoms with E-state index in [9.17, 15) is 4.79 Å². The van der Waals surface area contributed by atoms with Gasteiger partial charge in [-0.25, -0.2) is 4.79 Å². The largest absolute Gasteiger partial charge is 0.477 e. The Morgan fingerprint density at radius 1 is 2.00 bits per heavy atom. The molecule has 0 unspecified atom stereocenters. The Morgan fingerprint density at radius 2 is 2.75 bits per heavy atom. The zero-order valence-corrected chi connectivity index (χ0v) is 4.73. The van der Waals surface area contributed by atoms with Crippen LogP contribution in [0.25, 0.3) is 0 Å². The fourth-order valence-corrected chi connectivity index (χ4v) is 0.894. The summed E-state index contributed by atoms with van der Waals surface area (Å²) in [5.41, 5.74) is 0.190. The molecule has 0 aliphatic carbocycles. The standard InChI is InChI=1S/C3H4N2O2S/c6-3(7)2-1-8-5-4-2/h5H,1H2,(H,6,7). The number of rotatable bonds is 1. The van der Waals surface area contributed by atoms with Crippen LogP contribution in [0.5, 0.6) is 0 Å². The van der Waals surface area contributed by atoms with E-state index >= 15 is 0 Å². The molecule has 0 fully saturated rings. The monoisotopic (exact) mass is 132 g/mol. The van der Waals surface area contributed by atoms with Crippen LogP contribution in [-0.4, -0.2) is 22.5 Å². The number of carboxylic acids is 1. The Kier molecular flexibility index (Phi) is 1.38. The van der Waals surface area contributed by atoms with Gasteiger partial charge in [0, 0.05) is 0 Å². The third kappa shape index (κ3) is 0.919. The van der Waals surface area contributed by atoms with Gasteiger partial charge in [-0.1, -0.05) is 0 Å². The number of nitrogens with one attached hydrogen (secondary N) is 1. The lowest BCUT2D eigenvalue weighted by Crippen LogP contribution is -2.12. The summed E-state index contributed by atoms with van der Waals surface area (Å²) in [6.07, 6.45) is 0. The zero-order chi connectivity index (χ0) is 5.98. The molecule has 1 aliphatic rings. The number of hydrogen-bond acceptors (Lipinski definition) is 4. The summed E-state index contributed by atoms with van der Waals surface area (Å²) in [4.78, 5) is 12.5. The lowest BCUT2D eigenvalue weighted by molar-refractivity contribution is -0.129. The van der Waals surface area contributed by atoms with Gasteiger partial charge in [-0.2, -0.15) is 5.10 Å². The Morgan fingerprint density at radius 3 is 3.00 bits per heavy atom. The Balaban J connectivity index is 2.57. The van der Waals surface area contributed by atoms with Crippen LogP contribution in [0.4, 0.5) is 0 Å². The highest BCUT2D eigenvalue weighted by molar-refractivity contribution is 7.98. The van der Waals surface area contributed by atoms with Gasteiger partial charge in [-0.3, -0.25) is 4.83 Å². The van der Waals surface area contributed by atoms with Crippen molar-refractivity contribution in [1.82, 2.24) is 4.83 Å². The maximum atomic E-state index is 10.0. The molecular weight excluding hydrogens is 128 g/mol. The minimum atomic E-state index is -0.942. The highest BCUT2D eigenvalue weighted by Crippen LogP contribution is 2.01.